The predicted octanol–water partition coefficient (Wildman–Crippen LogP) is 2.53. The Morgan fingerprint density at radius 3 is 2.65 bits per heavy atom. The summed E-state index contributed by atoms with van der Waals surface area (Å²) in [4.78, 5) is 23.9. The molecule has 0 spiro atoms. The number of carbonyl (C=O) groups is 2. The Balaban J connectivity index is 2.59. The van der Waals surface area contributed by atoms with Gasteiger partial charge in [-0.05, 0) is 12.1 Å². The average Bonchev–Trinajstić information content (AvgIpc) is 2.53. The molecule has 1 heterocycles. The highest BCUT2D eigenvalue weighted by molar-refractivity contribution is 6.29. The van der Waals surface area contributed by atoms with E-state index in [1.807, 2.05) is 0 Å². The van der Waals surface area contributed by atoms with Gasteiger partial charge in [-0.15, -0.1) is 11.6 Å². The van der Waals surface area contributed by atoms with Gasteiger partial charge in [0.25, 0.3) is 0 Å². The standard InChI is InChI=1S/C12H10ClF3N2O2/c13-6-11(20)18-8-4-2-1-3-7(8)17-10(19)5-9(18)12(14,15)16/h1-4,9H,5-6H2,(H,17,19). The number of rotatable bonds is 1. The number of carbonyl (C=O) groups excluding carboxylic acids is 2. The zero-order chi connectivity index (χ0) is 14.9. The van der Waals surface area contributed by atoms with Crippen LogP contribution in [-0.4, -0.2) is 29.9 Å². The molecule has 0 bridgehead atoms. The lowest BCUT2D eigenvalue weighted by Gasteiger charge is -2.31. The topological polar surface area (TPSA) is 49.4 Å². The summed E-state index contributed by atoms with van der Waals surface area (Å²) in [6, 6.07) is 3.58. The Kier molecular flexibility index (Phi) is 3.89. The molecule has 0 aliphatic carbocycles. The summed E-state index contributed by atoms with van der Waals surface area (Å²) in [5.74, 6) is -2.31. The molecule has 1 unspecified atom stereocenters. The second-order valence-electron chi connectivity index (χ2n) is 4.22. The molecule has 1 aliphatic rings. The number of amides is 2. The number of fused-ring (bicyclic) bond motifs is 1. The van der Waals surface area contributed by atoms with Gasteiger partial charge in [0, 0.05) is 0 Å². The number of hydrogen-bond acceptors (Lipinski definition) is 2. The number of nitrogens with one attached hydrogen (secondary N) is 1. The highest BCUT2D eigenvalue weighted by atomic mass is 35.5. The minimum Gasteiger partial charge on any atom is -0.324 e. The van der Waals surface area contributed by atoms with Crippen LogP contribution in [0.15, 0.2) is 24.3 Å². The van der Waals surface area contributed by atoms with Crippen molar-refractivity contribution in [2.45, 2.75) is 18.6 Å². The molecule has 1 N–H and O–H groups in total. The lowest BCUT2D eigenvalue weighted by atomic mass is 10.1. The molecule has 2 amide bonds. The first-order chi connectivity index (χ1) is 9.34. The smallest absolute Gasteiger partial charge is 0.324 e. The fourth-order valence-electron chi connectivity index (χ4n) is 2.06. The number of hydrogen-bond donors (Lipinski definition) is 1. The van der Waals surface area contributed by atoms with E-state index in [4.69, 9.17) is 11.6 Å². The largest absolute Gasteiger partial charge is 0.409 e. The van der Waals surface area contributed by atoms with E-state index in [2.05, 4.69) is 5.32 Å². The highest BCUT2D eigenvalue weighted by Gasteiger charge is 2.48. The van der Waals surface area contributed by atoms with E-state index in [0.717, 1.165) is 0 Å². The van der Waals surface area contributed by atoms with Gasteiger partial charge >= 0.3 is 6.18 Å². The lowest BCUT2D eigenvalue weighted by Crippen LogP contribution is -2.50. The maximum absolute atomic E-state index is 13.1. The number of halogens is 4. The third-order valence-electron chi connectivity index (χ3n) is 2.89. The summed E-state index contributed by atoms with van der Waals surface area (Å²) in [5.41, 5.74) is 0.147. The van der Waals surface area contributed by atoms with Gasteiger partial charge < -0.3 is 5.32 Å². The fourth-order valence-corrected chi connectivity index (χ4v) is 2.19. The molecule has 0 radical (unpaired) electrons. The van der Waals surface area contributed by atoms with Gasteiger partial charge in [-0.3, -0.25) is 14.5 Å². The van der Waals surface area contributed by atoms with Crippen LogP contribution in [0.25, 0.3) is 0 Å². The minimum absolute atomic E-state index is 0.00803. The first-order valence-corrected chi connectivity index (χ1v) is 6.21. The molecule has 0 fully saturated rings. The van der Waals surface area contributed by atoms with Crippen molar-refractivity contribution in [2.75, 3.05) is 16.1 Å². The molecule has 0 saturated carbocycles. The van der Waals surface area contributed by atoms with Crippen molar-refractivity contribution in [3.8, 4) is 0 Å². The monoisotopic (exact) mass is 306 g/mol. The van der Waals surface area contributed by atoms with Crippen LogP contribution < -0.4 is 10.2 Å². The van der Waals surface area contributed by atoms with Gasteiger partial charge in [0.15, 0.2) is 0 Å². The van der Waals surface area contributed by atoms with E-state index in [0.29, 0.717) is 4.90 Å². The van der Waals surface area contributed by atoms with Crippen LogP contribution in [0.1, 0.15) is 6.42 Å². The van der Waals surface area contributed by atoms with Gasteiger partial charge in [-0.1, -0.05) is 12.1 Å². The highest BCUT2D eigenvalue weighted by Crippen LogP contribution is 2.37. The van der Waals surface area contributed by atoms with Crippen molar-refractivity contribution in [1.82, 2.24) is 0 Å². The molecule has 0 aromatic heterocycles. The Bertz CT molecular complexity index is 548. The maximum atomic E-state index is 13.1. The number of benzene rings is 1. The van der Waals surface area contributed by atoms with Crippen LogP contribution in [0.5, 0.6) is 0 Å². The number of nitrogens with zero attached hydrogens (tertiary/aromatic N) is 1. The SMILES string of the molecule is O=C1CC(C(F)(F)F)N(C(=O)CCl)c2ccccc2N1. The van der Waals surface area contributed by atoms with Crippen molar-refractivity contribution in [1.29, 1.82) is 0 Å². The molecule has 2 rings (SSSR count). The van der Waals surface area contributed by atoms with Crippen molar-refractivity contribution < 1.29 is 22.8 Å². The van der Waals surface area contributed by atoms with Gasteiger partial charge in [-0.2, -0.15) is 13.2 Å². The molecule has 1 aromatic carbocycles. The summed E-state index contributed by atoms with van der Waals surface area (Å²) in [7, 11) is 0. The summed E-state index contributed by atoms with van der Waals surface area (Å²) in [6.45, 7) is 0. The Labute approximate surface area is 117 Å². The van der Waals surface area contributed by atoms with Crippen LogP contribution in [0.3, 0.4) is 0 Å². The van der Waals surface area contributed by atoms with Crippen LogP contribution in [0, 0.1) is 0 Å². The van der Waals surface area contributed by atoms with E-state index in [9.17, 15) is 22.8 Å². The number of alkyl halides is 4. The first kappa shape index (κ1) is 14.6. The van der Waals surface area contributed by atoms with Crippen molar-refractivity contribution in [3.63, 3.8) is 0 Å². The quantitative estimate of drug-likeness (QED) is 0.811. The van der Waals surface area contributed by atoms with E-state index >= 15 is 0 Å². The predicted molar refractivity (Wildman–Crippen MR) is 67.7 cm³/mol. The maximum Gasteiger partial charge on any atom is 0.409 e. The summed E-state index contributed by atoms with van der Waals surface area (Å²) in [5, 5.41) is 2.36. The van der Waals surface area contributed by atoms with Crippen LogP contribution in [-0.2, 0) is 9.59 Å². The molecular weight excluding hydrogens is 297 g/mol. The zero-order valence-corrected chi connectivity index (χ0v) is 10.8. The van der Waals surface area contributed by atoms with Gasteiger partial charge in [-0.25, -0.2) is 0 Å². The fraction of sp³-hybridized carbons (Fsp3) is 0.333. The molecule has 1 aromatic rings. The van der Waals surface area contributed by atoms with Crippen LogP contribution in [0.4, 0.5) is 24.5 Å². The van der Waals surface area contributed by atoms with Gasteiger partial charge in [0.05, 0.1) is 17.8 Å². The van der Waals surface area contributed by atoms with E-state index in [-0.39, 0.29) is 11.4 Å². The zero-order valence-electron chi connectivity index (χ0n) is 10.1. The van der Waals surface area contributed by atoms with E-state index in [1.54, 1.807) is 6.07 Å². The van der Waals surface area contributed by atoms with Crippen molar-refractivity contribution in [2.24, 2.45) is 0 Å². The lowest BCUT2D eigenvalue weighted by molar-refractivity contribution is -0.157. The minimum atomic E-state index is -4.73. The third-order valence-corrected chi connectivity index (χ3v) is 3.12. The summed E-state index contributed by atoms with van der Waals surface area (Å²) < 4.78 is 39.4. The molecule has 20 heavy (non-hydrogen) atoms. The molecular formula is C12H10ClF3N2O2. The van der Waals surface area contributed by atoms with Crippen molar-refractivity contribution in [3.05, 3.63) is 24.3 Å². The van der Waals surface area contributed by atoms with Crippen LogP contribution >= 0.6 is 11.6 Å². The Morgan fingerprint density at radius 1 is 1.40 bits per heavy atom. The molecule has 1 atom stereocenters. The third kappa shape index (κ3) is 2.72. The van der Waals surface area contributed by atoms with Gasteiger partial charge in [0.1, 0.15) is 11.9 Å². The number of para-hydroxylation sites is 2. The molecule has 0 saturated heterocycles. The number of anilines is 2. The van der Waals surface area contributed by atoms with Crippen molar-refractivity contribution >= 4 is 34.8 Å². The average molecular weight is 307 g/mol. The van der Waals surface area contributed by atoms with Gasteiger partial charge in [0.2, 0.25) is 11.8 Å². The summed E-state index contributed by atoms with van der Waals surface area (Å²) in [6.07, 6.45) is -5.59. The first-order valence-electron chi connectivity index (χ1n) is 5.68. The Morgan fingerprint density at radius 2 is 2.05 bits per heavy atom. The second kappa shape index (κ2) is 5.32. The molecule has 108 valence electrons. The molecule has 8 heteroatoms. The normalized spacial score (nSPS) is 19.1. The Hall–Kier alpha value is -1.76. The second-order valence-corrected chi connectivity index (χ2v) is 4.49. The van der Waals surface area contributed by atoms with E-state index < -0.39 is 36.3 Å². The molecule has 1 aliphatic heterocycles. The summed E-state index contributed by atoms with van der Waals surface area (Å²) >= 11 is 5.39. The van der Waals surface area contributed by atoms with E-state index in [1.165, 1.54) is 18.2 Å². The molecule has 4 nitrogen and oxygen atoms in total. The van der Waals surface area contributed by atoms with Crippen LogP contribution in [0.2, 0.25) is 0 Å².